The standard InChI is InChI=1S/C50H30N8/c1-30-54-31(2)56-50(55-30)49-47(57-43-17-9-7-15-39(43)41-21-19-33(25-45(41)57)37-13-5-3-11-35(37)28-52)23-32(27-51)24-48(49)58-44-18-10-8-16-40(44)42-22-20-34(26-46(42)58)38-14-6-4-12-36(38)29-53/h3-26H,1-2H3. The number of aryl methyl sites for hydroxylation is 2. The van der Waals surface area contributed by atoms with Gasteiger partial charge >= 0.3 is 0 Å². The maximum absolute atomic E-state index is 10.8. The predicted octanol–water partition coefficient (Wildman–Crippen LogP) is 11.3. The molecule has 0 aliphatic rings. The molecule has 0 amide bonds. The Balaban J connectivity index is 1.38. The topological polar surface area (TPSA) is 120 Å². The SMILES string of the molecule is Cc1nc(C)nc(-c2c(-n3c4ccccc4c4ccc(-c5ccccc5C#N)cc43)cc(C#N)cc2-n2c3ccccc3c3ccc(-c4ccccc4C#N)cc32)n1. The van der Waals surface area contributed by atoms with Crippen LogP contribution in [-0.2, 0) is 0 Å². The first-order chi connectivity index (χ1) is 28.4. The number of hydrogen-bond donors (Lipinski definition) is 0. The van der Waals surface area contributed by atoms with E-state index in [0.717, 1.165) is 65.9 Å². The fourth-order valence-electron chi connectivity index (χ4n) is 8.45. The third-order valence-corrected chi connectivity index (χ3v) is 10.9. The maximum atomic E-state index is 10.8. The van der Waals surface area contributed by atoms with Crippen molar-refractivity contribution in [2.24, 2.45) is 0 Å². The molecule has 0 aliphatic heterocycles. The summed E-state index contributed by atoms with van der Waals surface area (Å²) in [5, 5.41) is 35.0. The van der Waals surface area contributed by atoms with Crippen molar-refractivity contribution in [2.45, 2.75) is 13.8 Å². The smallest absolute Gasteiger partial charge is 0.167 e. The lowest BCUT2D eigenvalue weighted by Crippen LogP contribution is -2.08. The zero-order valence-electron chi connectivity index (χ0n) is 31.4. The number of rotatable bonds is 5. The first-order valence-electron chi connectivity index (χ1n) is 18.8. The van der Waals surface area contributed by atoms with E-state index in [1.807, 2.05) is 98.8 Å². The predicted molar refractivity (Wildman–Crippen MR) is 228 cm³/mol. The van der Waals surface area contributed by atoms with Gasteiger partial charge in [-0.2, -0.15) is 15.8 Å². The van der Waals surface area contributed by atoms with Crippen molar-refractivity contribution >= 4 is 43.6 Å². The maximum Gasteiger partial charge on any atom is 0.167 e. The molecule has 0 unspecified atom stereocenters. The molecule has 10 aromatic rings. The molecule has 0 saturated carbocycles. The van der Waals surface area contributed by atoms with Gasteiger partial charge in [0.25, 0.3) is 0 Å². The largest absolute Gasteiger partial charge is 0.308 e. The van der Waals surface area contributed by atoms with Crippen LogP contribution >= 0.6 is 0 Å². The van der Waals surface area contributed by atoms with E-state index in [4.69, 9.17) is 9.97 Å². The highest BCUT2D eigenvalue weighted by Gasteiger charge is 2.26. The molecule has 3 heterocycles. The van der Waals surface area contributed by atoms with Crippen molar-refractivity contribution in [1.29, 1.82) is 15.8 Å². The van der Waals surface area contributed by atoms with Gasteiger partial charge in [-0.1, -0.05) is 97.1 Å². The Morgan fingerprint density at radius 3 is 1.33 bits per heavy atom. The van der Waals surface area contributed by atoms with Crippen LogP contribution in [0, 0.1) is 47.8 Å². The van der Waals surface area contributed by atoms with E-state index in [9.17, 15) is 15.8 Å². The van der Waals surface area contributed by atoms with Crippen molar-refractivity contribution < 1.29 is 0 Å². The van der Waals surface area contributed by atoms with E-state index in [1.165, 1.54) is 0 Å². The van der Waals surface area contributed by atoms with E-state index < -0.39 is 0 Å². The fourth-order valence-corrected chi connectivity index (χ4v) is 8.45. The Hall–Kier alpha value is -8.38. The summed E-state index contributed by atoms with van der Waals surface area (Å²) in [5.74, 6) is 1.60. The molecule has 3 aromatic heterocycles. The zero-order valence-corrected chi connectivity index (χ0v) is 31.4. The van der Waals surface area contributed by atoms with Crippen LogP contribution in [0.15, 0.2) is 146 Å². The molecular formula is C50H30N8. The zero-order chi connectivity index (χ0) is 39.5. The van der Waals surface area contributed by atoms with Gasteiger partial charge in [-0.15, -0.1) is 0 Å². The summed E-state index contributed by atoms with van der Waals surface area (Å²) in [4.78, 5) is 14.5. The third-order valence-electron chi connectivity index (χ3n) is 10.9. The lowest BCUT2D eigenvalue weighted by Gasteiger charge is -2.20. The van der Waals surface area contributed by atoms with Gasteiger partial charge in [0.1, 0.15) is 11.6 Å². The minimum atomic E-state index is 0.449. The van der Waals surface area contributed by atoms with Crippen LogP contribution in [-0.4, -0.2) is 24.1 Å². The second-order valence-electron chi connectivity index (χ2n) is 14.2. The van der Waals surface area contributed by atoms with Gasteiger partial charge in [0, 0.05) is 21.5 Å². The van der Waals surface area contributed by atoms with Crippen molar-refractivity contribution in [1.82, 2.24) is 24.1 Å². The van der Waals surface area contributed by atoms with Gasteiger partial charge in [0.15, 0.2) is 5.82 Å². The quantitative estimate of drug-likeness (QED) is 0.173. The van der Waals surface area contributed by atoms with E-state index in [-0.39, 0.29) is 0 Å². The highest BCUT2D eigenvalue weighted by Crippen LogP contribution is 2.43. The van der Waals surface area contributed by atoms with Crippen LogP contribution in [0.5, 0.6) is 0 Å². The highest BCUT2D eigenvalue weighted by atomic mass is 15.1. The van der Waals surface area contributed by atoms with Gasteiger partial charge in [-0.05, 0) is 84.6 Å². The molecule has 0 spiro atoms. The summed E-state index contributed by atoms with van der Waals surface area (Å²) >= 11 is 0. The second-order valence-corrected chi connectivity index (χ2v) is 14.2. The van der Waals surface area contributed by atoms with Crippen molar-refractivity contribution in [2.75, 3.05) is 0 Å². The third kappa shape index (κ3) is 5.31. The molecule has 8 nitrogen and oxygen atoms in total. The summed E-state index contributed by atoms with van der Waals surface area (Å²) in [5.41, 5.74) is 10.9. The first kappa shape index (κ1) is 34.1. The molecule has 0 bridgehead atoms. The number of aromatic nitrogens is 5. The van der Waals surface area contributed by atoms with E-state index in [2.05, 4.69) is 93.0 Å². The Bertz CT molecular complexity index is 3260. The minimum absolute atomic E-state index is 0.449. The molecule has 0 radical (unpaired) electrons. The van der Waals surface area contributed by atoms with Crippen LogP contribution < -0.4 is 0 Å². The monoisotopic (exact) mass is 742 g/mol. The van der Waals surface area contributed by atoms with E-state index in [1.54, 1.807) is 0 Å². The average molecular weight is 743 g/mol. The van der Waals surface area contributed by atoms with E-state index in [0.29, 0.717) is 51.1 Å². The second kappa shape index (κ2) is 13.4. The molecule has 0 saturated heterocycles. The summed E-state index contributed by atoms with van der Waals surface area (Å²) in [7, 11) is 0. The first-order valence-corrected chi connectivity index (χ1v) is 18.8. The van der Waals surface area contributed by atoms with Gasteiger partial charge in [0.05, 0.1) is 73.9 Å². The lowest BCUT2D eigenvalue weighted by atomic mass is 9.99. The van der Waals surface area contributed by atoms with Gasteiger partial charge < -0.3 is 9.13 Å². The summed E-state index contributed by atoms with van der Waals surface area (Å²) in [6.45, 7) is 3.72. The molecule has 10 rings (SSSR count). The molecule has 8 heteroatoms. The minimum Gasteiger partial charge on any atom is -0.308 e. The number of nitriles is 3. The number of para-hydroxylation sites is 2. The summed E-state index contributed by atoms with van der Waals surface area (Å²) in [6, 6.07) is 55.3. The number of fused-ring (bicyclic) bond motifs is 6. The number of nitrogens with zero attached hydrogens (tertiary/aromatic N) is 8. The van der Waals surface area contributed by atoms with Gasteiger partial charge in [0.2, 0.25) is 0 Å². The van der Waals surface area contributed by atoms with Crippen LogP contribution in [0.2, 0.25) is 0 Å². The molecule has 7 aromatic carbocycles. The Labute approximate surface area is 333 Å². The molecule has 0 fully saturated rings. The van der Waals surface area contributed by atoms with Gasteiger partial charge in [-0.25, -0.2) is 15.0 Å². The summed E-state index contributed by atoms with van der Waals surface area (Å²) < 4.78 is 4.39. The Kier molecular flexibility index (Phi) is 7.90. The molecule has 0 N–H and O–H groups in total. The van der Waals surface area contributed by atoms with Crippen molar-refractivity contribution in [3.05, 3.63) is 174 Å². The van der Waals surface area contributed by atoms with Crippen molar-refractivity contribution in [3.8, 4) is 63.2 Å². The van der Waals surface area contributed by atoms with Crippen LogP contribution in [0.4, 0.5) is 0 Å². The highest BCUT2D eigenvalue weighted by molar-refractivity contribution is 6.13. The molecule has 58 heavy (non-hydrogen) atoms. The van der Waals surface area contributed by atoms with Crippen molar-refractivity contribution in [3.63, 3.8) is 0 Å². The molecule has 0 atom stereocenters. The van der Waals surface area contributed by atoms with Crippen LogP contribution in [0.1, 0.15) is 28.3 Å². The normalized spacial score (nSPS) is 11.2. The van der Waals surface area contributed by atoms with Gasteiger partial charge in [-0.3, -0.25) is 0 Å². The molecule has 270 valence electrons. The fraction of sp³-hybridized carbons (Fsp3) is 0.0400. The number of benzene rings is 7. The van der Waals surface area contributed by atoms with Crippen LogP contribution in [0.3, 0.4) is 0 Å². The molecule has 0 aliphatic carbocycles. The number of hydrogen-bond acceptors (Lipinski definition) is 6. The molecular weight excluding hydrogens is 713 g/mol. The Morgan fingerprint density at radius 1 is 0.431 bits per heavy atom. The van der Waals surface area contributed by atoms with E-state index >= 15 is 0 Å². The summed E-state index contributed by atoms with van der Waals surface area (Å²) in [6.07, 6.45) is 0. The lowest BCUT2D eigenvalue weighted by molar-refractivity contribution is 0.924. The Morgan fingerprint density at radius 2 is 0.862 bits per heavy atom. The van der Waals surface area contributed by atoms with Crippen LogP contribution in [0.25, 0.3) is 88.6 Å². The average Bonchev–Trinajstić information content (AvgIpc) is 3.77.